The highest BCUT2D eigenvalue weighted by Crippen LogP contribution is 2.52. The van der Waals surface area contributed by atoms with Gasteiger partial charge in [0.05, 0.1) is 10.8 Å². The number of likely N-dealkylation sites (N-methyl/N-ethyl adjacent to an activating group) is 2. The normalized spacial score (nSPS) is 19.1. The van der Waals surface area contributed by atoms with Crippen molar-refractivity contribution in [3.63, 3.8) is 0 Å². The zero-order valence-corrected chi connectivity index (χ0v) is 46.3. The van der Waals surface area contributed by atoms with Crippen LogP contribution in [0.4, 0.5) is 22.7 Å². The Hall–Kier alpha value is -6.26. The number of aryl methyl sites for hydroxylation is 6. The van der Waals surface area contributed by atoms with E-state index in [0.717, 1.165) is 0 Å². The molecule has 4 heteroatoms. The van der Waals surface area contributed by atoms with E-state index in [9.17, 15) is 0 Å². The highest BCUT2D eigenvalue weighted by molar-refractivity contribution is 6.08. The van der Waals surface area contributed by atoms with Crippen LogP contribution in [0.5, 0.6) is 0 Å². The average molecular weight is 929 g/mol. The second-order valence-corrected chi connectivity index (χ2v) is 22.6. The molecule has 0 aliphatic carbocycles. The Kier molecular flexibility index (Phi) is 12.8. The van der Waals surface area contributed by atoms with Gasteiger partial charge in [0.1, 0.15) is 14.1 Å². The van der Waals surface area contributed by atoms with E-state index in [4.69, 9.17) is 0 Å². The van der Waals surface area contributed by atoms with Crippen molar-refractivity contribution in [1.29, 1.82) is 0 Å². The second kappa shape index (κ2) is 17.9. The first-order valence-corrected chi connectivity index (χ1v) is 25.7. The number of fused-ring (bicyclic) bond motifs is 8. The first-order valence-electron chi connectivity index (χ1n) is 25.7. The monoisotopic (exact) mass is 929 g/mol. The summed E-state index contributed by atoms with van der Waals surface area (Å²) in [6.45, 7) is 36.1. The Bertz CT molecular complexity index is 3330. The molecule has 0 fully saturated rings. The van der Waals surface area contributed by atoms with Crippen LogP contribution in [0.15, 0.2) is 133 Å². The fourth-order valence-electron chi connectivity index (χ4n) is 13.2. The van der Waals surface area contributed by atoms with Crippen molar-refractivity contribution in [2.45, 2.75) is 132 Å². The van der Waals surface area contributed by atoms with Gasteiger partial charge < -0.3 is 9.80 Å². The van der Waals surface area contributed by atoms with E-state index in [1.165, 1.54) is 123 Å². The Balaban J connectivity index is 0.000000189. The van der Waals surface area contributed by atoms with Gasteiger partial charge in [-0.25, -0.2) is 0 Å². The summed E-state index contributed by atoms with van der Waals surface area (Å²) < 4.78 is 4.72. The van der Waals surface area contributed by atoms with Gasteiger partial charge in [-0.2, -0.15) is 9.15 Å². The lowest BCUT2D eigenvalue weighted by molar-refractivity contribution is -0.401. The molecule has 0 saturated heterocycles. The maximum absolute atomic E-state index is 2.39. The number of rotatable bonds is 4. The van der Waals surface area contributed by atoms with Gasteiger partial charge in [-0.3, -0.25) is 0 Å². The molecule has 4 heterocycles. The molecule has 362 valence electrons. The maximum Gasteiger partial charge on any atom is 0.210 e. The predicted molar refractivity (Wildman–Crippen MR) is 306 cm³/mol. The molecule has 0 atom stereocenters. The van der Waals surface area contributed by atoms with Crippen LogP contribution in [0.2, 0.25) is 0 Å². The number of hydrogen-bond donors (Lipinski definition) is 0. The van der Waals surface area contributed by atoms with Crippen LogP contribution in [0.1, 0.15) is 125 Å². The van der Waals surface area contributed by atoms with E-state index >= 15 is 0 Å². The lowest BCUT2D eigenvalue weighted by Gasteiger charge is -2.24. The van der Waals surface area contributed by atoms with Crippen LogP contribution in [-0.4, -0.2) is 48.8 Å². The van der Waals surface area contributed by atoms with Crippen LogP contribution in [0, 0.1) is 41.5 Å². The van der Waals surface area contributed by atoms with Crippen molar-refractivity contribution < 1.29 is 9.15 Å². The van der Waals surface area contributed by atoms with Crippen LogP contribution in [0.3, 0.4) is 0 Å². The molecule has 4 aliphatic rings. The molecule has 0 bridgehead atoms. The van der Waals surface area contributed by atoms with Gasteiger partial charge in [-0.1, -0.05) is 119 Å². The summed E-state index contributed by atoms with van der Waals surface area (Å²) in [6, 6.07) is 31.9. The van der Waals surface area contributed by atoms with Gasteiger partial charge >= 0.3 is 0 Å². The second-order valence-electron chi connectivity index (χ2n) is 22.6. The predicted octanol–water partition coefficient (Wildman–Crippen LogP) is 16.3. The Morgan fingerprint density at radius 1 is 0.429 bits per heavy atom. The number of nitrogens with zero attached hydrogens (tertiary/aromatic N) is 4. The average Bonchev–Trinajstić information content (AvgIpc) is 3.79. The van der Waals surface area contributed by atoms with E-state index in [1.54, 1.807) is 0 Å². The van der Waals surface area contributed by atoms with Crippen LogP contribution < -0.4 is 9.80 Å². The molecule has 0 spiro atoms. The van der Waals surface area contributed by atoms with Gasteiger partial charge in [0, 0.05) is 83.1 Å². The van der Waals surface area contributed by atoms with E-state index in [1.807, 2.05) is 13.8 Å². The molecule has 0 radical (unpaired) electrons. The zero-order valence-electron chi connectivity index (χ0n) is 46.3. The minimum atomic E-state index is -0.0931. The first-order chi connectivity index (χ1) is 32.9. The SMILES string of the molecule is CC.Cc1cc(C)c2c(c1)N(C)C(=CC=CC1=[N+](C)c3ccccc3C1(C)C)C2(C)C.Cc1cc(C)c2ccc3c(c2c1)C(C)(C)C(=CC=CC1=[N+](C)c2ccc4c(C)cc(C)cc4c2C1(C)C)N3C. The van der Waals surface area contributed by atoms with Gasteiger partial charge in [-0.15, -0.1) is 0 Å². The third-order valence-corrected chi connectivity index (χ3v) is 16.3. The lowest BCUT2D eigenvalue weighted by atomic mass is 9.78. The molecular weight excluding hydrogens is 849 g/mol. The molecule has 6 aromatic rings. The molecule has 70 heavy (non-hydrogen) atoms. The van der Waals surface area contributed by atoms with Crippen molar-refractivity contribution in [2.24, 2.45) is 0 Å². The van der Waals surface area contributed by atoms with Crippen LogP contribution >= 0.6 is 0 Å². The molecule has 0 unspecified atom stereocenters. The van der Waals surface area contributed by atoms with Crippen LogP contribution in [0.25, 0.3) is 21.5 Å². The number of anilines is 2. The summed E-state index contributed by atoms with van der Waals surface area (Å²) >= 11 is 0. The fourth-order valence-corrected chi connectivity index (χ4v) is 13.2. The molecule has 0 aromatic heterocycles. The van der Waals surface area contributed by atoms with Crippen molar-refractivity contribution >= 4 is 55.7 Å². The number of hydrogen-bond acceptors (Lipinski definition) is 2. The summed E-state index contributed by atoms with van der Waals surface area (Å²) in [4.78, 5) is 4.75. The lowest BCUT2D eigenvalue weighted by Crippen LogP contribution is -2.27. The van der Waals surface area contributed by atoms with Crippen molar-refractivity contribution in [2.75, 3.05) is 38.0 Å². The highest BCUT2D eigenvalue weighted by atomic mass is 15.2. The fraction of sp³-hybridized carbons (Fsp3) is 0.364. The zero-order chi connectivity index (χ0) is 51.2. The Morgan fingerprint density at radius 2 is 0.886 bits per heavy atom. The maximum atomic E-state index is 2.39. The third-order valence-electron chi connectivity index (χ3n) is 16.3. The molecule has 0 amide bonds. The number of benzene rings is 6. The largest absolute Gasteiger partial charge is 0.347 e. The minimum absolute atomic E-state index is 0.00304. The minimum Gasteiger partial charge on any atom is -0.347 e. The topological polar surface area (TPSA) is 12.5 Å². The van der Waals surface area contributed by atoms with Gasteiger partial charge in [0.2, 0.25) is 11.4 Å². The quantitative estimate of drug-likeness (QED) is 0.163. The summed E-state index contributed by atoms with van der Waals surface area (Å²) in [5.74, 6) is 0. The third kappa shape index (κ3) is 7.81. The van der Waals surface area contributed by atoms with Gasteiger partial charge in [0.15, 0.2) is 11.4 Å². The molecular formula is C66H80N4+2. The summed E-state index contributed by atoms with van der Waals surface area (Å²) in [7, 11) is 8.80. The van der Waals surface area contributed by atoms with E-state index in [2.05, 4.69) is 265 Å². The highest BCUT2D eigenvalue weighted by Gasteiger charge is 2.46. The summed E-state index contributed by atoms with van der Waals surface area (Å²) in [5, 5.41) is 5.48. The van der Waals surface area contributed by atoms with E-state index in [0.29, 0.717) is 0 Å². The molecule has 6 aromatic carbocycles. The molecule has 0 N–H and O–H groups in total. The van der Waals surface area contributed by atoms with E-state index < -0.39 is 0 Å². The van der Waals surface area contributed by atoms with Gasteiger partial charge in [0.25, 0.3) is 0 Å². The molecule has 4 nitrogen and oxygen atoms in total. The molecule has 4 aliphatic heterocycles. The Morgan fingerprint density at radius 3 is 1.46 bits per heavy atom. The van der Waals surface area contributed by atoms with Crippen molar-refractivity contribution in [3.05, 3.63) is 188 Å². The van der Waals surface area contributed by atoms with Crippen molar-refractivity contribution in [1.82, 2.24) is 0 Å². The molecule has 0 saturated carbocycles. The number of allylic oxidation sites excluding steroid dienone is 8. The first kappa shape index (κ1) is 50.1. The van der Waals surface area contributed by atoms with Crippen LogP contribution in [-0.2, 0) is 21.7 Å². The standard InChI is InChI=1S/C37H41N2.C27H33N2.C2H6/c1-22-18-24(3)26-14-16-30-34(28(26)20-22)36(5,6)32(38(30)9)12-11-13-33-37(7,8)35-29-21-23(2)19-25(4)27(29)15-17-31(35)39(33)10;1-18-16-19(2)25-22(17-18)29(8)24(27(25,5)6)15-11-14-23-26(3,4)20-12-9-10-13-21(20)28(23)7;1-2/h11-21H,1-10H3;9-17H,1-8H3;1-2H3/q2*+1;. The van der Waals surface area contributed by atoms with Crippen molar-refractivity contribution in [3.8, 4) is 0 Å². The summed E-state index contributed by atoms with van der Waals surface area (Å²) in [5.41, 5.74) is 24.2. The smallest absolute Gasteiger partial charge is 0.210 e. The summed E-state index contributed by atoms with van der Waals surface area (Å²) in [6.07, 6.45) is 13.8. The van der Waals surface area contributed by atoms with E-state index in [-0.39, 0.29) is 21.7 Å². The Labute approximate surface area is 421 Å². The van der Waals surface area contributed by atoms with Gasteiger partial charge in [-0.05, 0) is 155 Å². The molecule has 10 rings (SSSR count). The number of para-hydroxylation sites is 1.